The lowest BCUT2D eigenvalue weighted by molar-refractivity contribution is -0.726. The first kappa shape index (κ1) is 14.9. The van der Waals surface area contributed by atoms with E-state index in [0.29, 0.717) is 12.2 Å². The molecule has 3 rings (SSSR count). The summed E-state index contributed by atoms with van der Waals surface area (Å²) in [5.74, 6) is 0. The number of piperidine rings is 1. The molecule has 0 bridgehead atoms. The molecule has 8 nitrogen and oxygen atoms in total. The summed E-state index contributed by atoms with van der Waals surface area (Å²) in [7, 11) is -3.51. The Labute approximate surface area is 128 Å². The molecule has 0 amide bonds. The number of hydrogen-bond acceptors (Lipinski definition) is 6. The van der Waals surface area contributed by atoms with Crippen molar-refractivity contribution in [3.63, 3.8) is 0 Å². The van der Waals surface area contributed by atoms with E-state index in [1.807, 2.05) is 6.92 Å². The molecule has 0 spiro atoms. The predicted octanol–water partition coefficient (Wildman–Crippen LogP) is -0.0170. The topological polar surface area (TPSA) is 103 Å². The van der Waals surface area contributed by atoms with Crippen LogP contribution in [-0.4, -0.2) is 35.7 Å². The summed E-state index contributed by atoms with van der Waals surface area (Å²) in [6.45, 7) is 2.47. The molecule has 1 aromatic heterocycles. The third kappa shape index (κ3) is 2.69. The Morgan fingerprint density at radius 3 is 2.64 bits per heavy atom. The zero-order valence-corrected chi connectivity index (χ0v) is 12.9. The molecule has 1 aromatic carbocycles. The summed E-state index contributed by atoms with van der Waals surface area (Å²) in [5.41, 5.74) is 0.455. The van der Waals surface area contributed by atoms with Gasteiger partial charge in [-0.2, -0.15) is 4.31 Å². The standard InChI is InChI=1S/C13H16N4O4S/c1-10-4-2-3-9-16(10)22(19,20)12-7-5-11(6-8-12)17-14-13(18)21-15-17/h5-8,10H,2-4,9H2,1H3. The summed E-state index contributed by atoms with van der Waals surface area (Å²) < 4.78 is 31.2. The van der Waals surface area contributed by atoms with E-state index in [2.05, 4.69) is 14.9 Å². The molecule has 0 saturated carbocycles. The summed E-state index contributed by atoms with van der Waals surface area (Å²) in [6, 6.07) is 6.06. The van der Waals surface area contributed by atoms with Crippen LogP contribution in [0.15, 0.2) is 33.7 Å². The number of rotatable bonds is 3. The van der Waals surface area contributed by atoms with Crippen LogP contribution in [0.5, 0.6) is 6.08 Å². The van der Waals surface area contributed by atoms with E-state index in [1.54, 1.807) is 4.31 Å². The van der Waals surface area contributed by atoms with E-state index in [-0.39, 0.29) is 10.9 Å². The van der Waals surface area contributed by atoms with Crippen LogP contribution in [-0.2, 0) is 10.0 Å². The maximum atomic E-state index is 12.7. The number of hydrogen-bond donors (Lipinski definition) is 0. The smallest absolute Gasteiger partial charge is 0.269 e. The molecule has 1 aliphatic heterocycles. The van der Waals surface area contributed by atoms with Gasteiger partial charge in [-0.25, -0.2) is 8.42 Å². The van der Waals surface area contributed by atoms with Crippen LogP contribution < -0.4 is 9.90 Å². The summed E-state index contributed by atoms with van der Waals surface area (Å²) in [5, 5.41) is 17.8. The van der Waals surface area contributed by atoms with Crippen molar-refractivity contribution in [1.82, 2.24) is 14.7 Å². The zero-order valence-electron chi connectivity index (χ0n) is 12.0. The first-order valence-electron chi connectivity index (χ1n) is 7.04. The van der Waals surface area contributed by atoms with Gasteiger partial charge in [0, 0.05) is 24.7 Å². The van der Waals surface area contributed by atoms with Crippen LogP contribution in [0, 0.1) is 0 Å². The average molecular weight is 324 g/mol. The van der Waals surface area contributed by atoms with Crippen LogP contribution in [0.25, 0.3) is 5.69 Å². The molecule has 0 N–H and O–H groups in total. The van der Waals surface area contributed by atoms with Crippen LogP contribution in [0.2, 0.25) is 0 Å². The van der Waals surface area contributed by atoms with Crippen LogP contribution in [0.1, 0.15) is 26.2 Å². The van der Waals surface area contributed by atoms with Gasteiger partial charge in [0.15, 0.2) is 0 Å². The van der Waals surface area contributed by atoms with Crippen LogP contribution in [0.3, 0.4) is 0 Å². The first-order chi connectivity index (χ1) is 10.5. The molecule has 9 heteroatoms. The molecule has 1 saturated heterocycles. The molecular weight excluding hydrogens is 308 g/mol. The zero-order chi connectivity index (χ0) is 15.7. The van der Waals surface area contributed by atoms with Gasteiger partial charge in [0.1, 0.15) is 5.27 Å². The van der Waals surface area contributed by atoms with Crippen molar-refractivity contribution in [2.45, 2.75) is 37.1 Å². The van der Waals surface area contributed by atoms with E-state index < -0.39 is 16.1 Å². The third-order valence-corrected chi connectivity index (χ3v) is 5.82. The van der Waals surface area contributed by atoms with Gasteiger partial charge in [-0.3, -0.25) is 0 Å². The fraction of sp³-hybridized carbons (Fsp3) is 0.462. The monoisotopic (exact) mass is 324 g/mol. The van der Waals surface area contributed by atoms with E-state index in [1.165, 1.54) is 24.3 Å². The molecule has 1 fully saturated rings. The number of nitrogens with zero attached hydrogens (tertiary/aromatic N) is 4. The Kier molecular flexibility index (Phi) is 3.83. The van der Waals surface area contributed by atoms with Gasteiger partial charge in [-0.15, -0.1) is 0 Å². The minimum Gasteiger partial charge on any atom is -0.523 e. The van der Waals surface area contributed by atoms with Gasteiger partial charge in [0.05, 0.1) is 14.8 Å². The van der Waals surface area contributed by atoms with E-state index >= 15 is 0 Å². The Morgan fingerprint density at radius 1 is 1.32 bits per heavy atom. The Morgan fingerprint density at radius 2 is 2.05 bits per heavy atom. The highest BCUT2D eigenvalue weighted by Crippen LogP contribution is 2.25. The summed E-state index contributed by atoms with van der Waals surface area (Å²) in [6.07, 6.45) is 2.01. The molecule has 0 aliphatic carbocycles. The van der Waals surface area contributed by atoms with Gasteiger partial charge >= 0.3 is 0 Å². The number of sulfonamides is 1. The van der Waals surface area contributed by atoms with Crippen molar-refractivity contribution < 1.29 is 22.8 Å². The SMILES string of the molecule is CC1CCCCN1S(=O)(=O)c1ccc(-[n+]2noc([O-])n2)cc1. The third-order valence-electron chi connectivity index (χ3n) is 3.79. The Balaban J connectivity index is 1.88. The molecule has 0 radical (unpaired) electrons. The fourth-order valence-corrected chi connectivity index (χ4v) is 4.31. The quantitative estimate of drug-likeness (QED) is 0.735. The minimum atomic E-state index is -3.51. The second-order valence-corrected chi connectivity index (χ2v) is 7.17. The fourth-order valence-electron chi connectivity index (χ4n) is 2.61. The number of aromatic nitrogens is 3. The molecule has 2 aromatic rings. The molecular formula is C13H16N4O4S. The lowest BCUT2D eigenvalue weighted by Gasteiger charge is -2.32. The van der Waals surface area contributed by atoms with Crippen molar-refractivity contribution in [2.24, 2.45) is 0 Å². The minimum absolute atomic E-state index is 0.00744. The highest BCUT2D eigenvalue weighted by Gasteiger charge is 2.31. The van der Waals surface area contributed by atoms with Gasteiger partial charge in [0.25, 0.3) is 5.69 Å². The largest absolute Gasteiger partial charge is 0.523 e. The lowest BCUT2D eigenvalue weighted by atomic mass is 10.1. The van der Waals surface area contributed by atoms with Crippen molar-refractivity contribution >= 4 is 10.0 Å². The normalized spacial score (nSPS) is 20.1. The predicted molar refractivity (Wildman–Crippen MR) is 72.5 cm³/mol. The van der Waals surface area contributed by atoms with E-state index in [0.717, 1.165) is 24.1 Å². The van der Waals surface area contributed by atoms with Crippen LogP contribution >= 0.6 is 0 Å². The maximum Gasteiger partial charge on any atom is 0.269 e. The molecule has 1 atom stereocenters. The Bertz CT molecular complexity index is 757. The molecule has 118 valence electrons. The van der Waals surface area contributed by atoms with Gasteiger partial charge < -0.3 is 9.63 Å². The lowest BCUT2D eigenvalue weighted by Crippen LogP contribution is -2.42. The summed E-state index contributed by atoms with van der Waals surface area (Å²) >= 11 is 0. The van der Waals surface area contributed by atoms with Crippen molar-refractivity contribution in [1.29, 1.82) is 0 Å². The van der Waals surface area contributed by atoms with E-state index in [4.69, 9.17) is 0 Å². The second-order valence-electron chi connectivity index (χ2n) is 5.28. The van der Waals surface area contributed by atoms with Crippen molar-refractivity contribution in [3.8, 4) is 11.8 Å². The molecule has 1 aliphatic rings. The highest BCUT2D eigenvalue weighted by atomic mass is 32.2. The molecule has 1 unspecified atom stereocenters. The Hall–Kier alpha value is -2.00. The molecule has 22 heavy (non-hydrogen) atoms. The maximum absolute atomic E-state index is 12.7. The number of benzene rings is 1. The summed E-state index contributed by atoms with van der Waals surface area (Å²) in [4.78, 5) is 1.24. The average Bonchev–Trinajstić information content (AvgIpc) is 2.94. The van der Waals surface area contributed by atoms with Crippen molar-refractivity contribution in [3.05, 3.63) is 24.3 Å². The van der Waals surface area contributed by atoms with Crippen molar-refractivity contribution in [2.75, 3.05) is 6.54 Å². The highest BCUT2D eigenvalue weighted by molar-refractivity contribution is 7.89. The van der Waals surface area contributed by atoms with Gasteiger partial charge in [-0.1, -0.05) is 6.42 Å². The van der Waals surface area contributed by atoms with Gasteiger partial charge in [-0.05, 0) is 31.9 Å². The van der Waals surface area contributed by atoms with Crippen LogP contribution in [0.4, 0.5) is 0 Å². The molecule has 2 heterocycles. The van der Waals surface area contributed by atoms with Gasteiger partial charge in [0.2, 0.25) is 16.1 Å². The second kappa shape index (κ2) is 5.65. The van der Waals surface area contributed by atoms with E-state index in [9.17, 15) is 13.5 Å². The first-order valence-corrected chi connectivity index (χ1v) is 8.48.